The molecule has 0 aromatic heterocycles. The molecule has 2 aliphatic rings. The van der Waals surface area contributed by atoms with E-state index in [1.54, 1.807) is 4.90 Å². The van der Waals surface area contributed by atoms with Gasteiger partial charge in [0.05, 0.1) is 0 Å². The van der Waals surface area contributed by atoms with E-state index in [-0.39, 0.29) is 18.6 Å². The van der Waals surface area contributed by atoms with Gasteiger partial charge in [-0.05, 0) is 25.0 Å². The van der Waals surface area contributed by atoms with Gasteiger partial charge in [0.25, 0.3) is 5.91 Å². The Labute approximate surface area is 112 Å². The summed E-state index contributed by atoms with van der Waals surface area (Å²) in [4.78, 5) is 14.2. The molecule has 2 N–H and O–H groups in total. The van der Waals surface area contributed by atoms with Crippen LogP contribution < -0.4 is 15.2 Å². The second-order valence-corrected chi connectivity index (χ2v) is 5.05. The number of nitrogens with two attached hydrogens (primary N) is 1. The van der Waals surface area contributed by atoms with Crippen molar-refractivity contribution in [1.29, 1.82) is 0 Å². The summed E-state index contributed by atoms with van der Waals surface area (Å²) < 4.78 is 11.3. The van der Waals surface area contributed by atoms with E-state index in [1.165, 1.54) is 0 Å². The molecule has 1 aromatic rings. The minimum absolute atomic E-state index is 0.0235. The minimum Gasteiger partial charge on any atom is -0.485 e. The number of benzene rings is 1. The second-order valence-electron chi connectivity index (χ2n) is 5.05. The summed E-state index contributed by atoms with van der Waals surface area (Å²) in [5.41, 5.74) is 5.90. The third-order valence-electron chi connectivity index (χ3n) is 3.55. The van der Waals surface area contributed by atoms with Crippen LogP contribution in [0.5, 0.6) is 11.5 Å². The molecule has 2 atom stereocenters. The van der Waals surface area contributed by atoms with Crippen molar-refractivity contribution in [3.8, 4) is 11.5 Å². The van der Waals surface area contributed by atoms with Gasteiger partial charge in [-0.2, -0.15) is 0 Å². The third kappa shape index (κ3) is 2.51. The fraction of sp³-hybridized carbons (Fsp3) is 0.500. The average Bonchev–Trinajstić information content (AvgIpc) is 2.46. The van der Waals surface area contributed by atoms with Crippen LogP contribution in [0.1, 0.15) is 12.8 Å². The molecule has 0 bridgehead atoms. The summed E-state index contributed by atoms with van der Waals surface area (Å²) in [6.07, 6.45) is 1.38. The van der Waals surface area contributed by atoms with Crippen LogP contribution in [0.3, 0.4) is 0 Å². The van der Waals surface area contributed by atoms with Gasteiger partial charge in [-0.1, -0.05) is 12.1 Å². The molecule has 19 heavy (non-hydrogen) atoms. The zero-order valence-corrected chi connectivity index (χ0v) is 10.7. The van der Waals surface area contributed by atoms with Crippen LogP contribution in [0.4, 0.5) is 0 Å². The van der Waals surface area contributed by atoms with Gasteiger partial charge in [-0.15, -0.1) is 0 Å². The molecule has 1 aromatic carbocycles. The second kappa shape index (κ2) is 5.09. The average molecular weight is 262 g/mol. The van der Waals surface area contributed by atoms with Crippen molar-refractivity contribution >= 4 is 5.91 Å². The Morgan fingerprint density at radius 3 is 2.89 bits per heavy atom. The van der Waals surface area contributed by atoms with Gasteiger partial charge in [-0.25, -0.2) is 0 Å². The molecule has 0 radical (unpaired) electrons. The van der Waals surface area contributed by atoms with Crippen LogP contribution in [0.15, 0.2) is 24.3 Å². The normalized spacial score (nSPS) is 26.1. The number of nitrogens with zero attached hydrogens (tertiary/aromatic N) is 1. The van der Waals surface area contributed by atoms with Crippen molar-refractivity contribution in [2.75, 3.05) is 19.7 Å². The van der Waals surface area contributed by atoms with Crippen molar-refractivity contribution in [1.82, 2.24) is 4.90 Å². The first-order valence-electron chi connectivity index (χ1n) is 6.67. The molecular formula is C14H18N2O3. The molecule has 0 spiro atoms. The molecule has 0 aliphatic carbocycles. The van der Waals surface area contributed by atoms with Gasteiger partial charge in [0.1, 0.15) is 6.61 Å². The lowest BCUT2D eigenvalue weighted by molar-refractivity contribution is -0.142. The lowest BCUT2D eigenvalue weighted by atomic mass is 10.1. The monoisotopic (exact) mass is 262 g/mol. The predicted octanol–water partition coefficient (Wildman–Crippen LogP) is 0.776. The topological polar surface area (TPSA) is 64.8 Å². The summed E-state index contributed by atoms with van der Waals surface area (Å²) in [6.45, 7) is 1.63. The highest BCUT2D eigenvalue weighted by molar-refractivity contribution is 5.82. The highest BCUT2D eigenvalue weighted by Gasteiger charge is 2.32. The van der Waals surface area contributed by atoms with Crippen LogP contribution >= 0.6 is 0 Å². The largest absolute Gasteiger partial charge is 0.485 e. The molecular weight excluding hydrogens is 244 g/mol. The standard InChI is InChI=1S/C14H18N2O3/c15-10-4-3-7-16(8-10)14(17)13-9-18-11-5-1-2-6-12(11)19-13/h1-2,5-6,10,13H,3-4,7-9,15H2/t10-,13-/m0/s1. The number of hydrogen-bond donors (Lipinski definition) is 1. The van der Waals surface area contributed by atoms with Gasteiger partial charge in [0.2, 0.25) is 6.10 Å². The number of carbonyl (C=O) groups is 1. The van der Waals surface area contributed by atoms with Crippen LogP contribution in [-0.4, -0.2) is 42.6 Å². The molecule has 102 valence electrons. The van der Waals surface area contributed by atoms with E-state index < -0.39 is 6.10 Å². The Morgan fingerprint density at radius 1 is 1.32 bits per heavy atom. The number of para-hydroxylation sites is 2. The smallest absolute Gasteiger partial charge is 0.267 e. The first-order valence-corrected chi connectivity index (χ1v) is 6.67. The lowest BCUT2D eigenvalue weighted by Gasteiger charge is -2.34. The maximum Gasteiger partial charge on any atom is 0.267 e. The van der Waals surface area contributed by atoms with Crippen molar-refractivity contribution in [3.05, 3.63) is 24.3 Å². The highest BCUT2D eigenvalue weighted by atomic mass is 16.6. The van der Waals surface area contributed by atoms with Crippen molar-refractivity contribution < 1.29 is 14.3 Å². The Balaban J connectivity index is 1.69. The van der Waals surface area contributed by atoms with E-state index >= 15 is 0 Å². The van der Waals surface area contributed by atoms with Crippen molar-refractivity contribution in [2.45, 2.75) is 25.0 Å². The van der Waals surface area contributed by atoms with E-state index in [4.69, 9.17) is 15.2 Å². The van der Waals surface area contributed by atoms with E-state index in [9.17, 15) is 4.79 Å². The molecule has 1 saturated heterocycles. The Bertz CT molecular complexity index is 478. The summed E-state index contributed by atoms with van der Waals surface area (Å²) in [6, 6.07) is 7.48. The molecule has 5 nitrogen and oxygen atoms in total. The van der Waals surface area contributed by atoms with Crippen LogP contribution in [0.2, 0.25) is 0 Å². The predicted molar refractivity (Wildman–Crippen MR) is 70.1 cm³/mol. The Hall–Kier alpha value is -1.75. The van der Waals surface area contributed by atoms with Crippen molar-refractivity contribution in [3.63, 3.8) is 0 Å². The number of ether oxygens (including phenoxy) is 2. The van der Waals surface area contributed by atoms with Crippen LogP contribution in [-0.2, 0) is 4.79 Å². The summed E-state index contributed by atoms with van der Waals surface area (Å²) in [5.74, 6) is 1.31. The van der Waals surface area contributed by atoms with Gasteiger partial charge in [0, 0.05) is 19.1 Å². The van der Waals surface area contributed by atoms with Crippen molar-refractivity contribution in [2.24, 2.45) is 5.73 Å². The maximum absolute atomic E-state index is 12.4. The van der Waals surface area contributed by atoms with E-state index in [1.807, 2.05) is 24.3 Å². The zero-order valence-electron chi connectivity index (χ0n) is 10.7. The number of hydrogen-bond acceptors (Lipinski definition) is 4. The fourth-order valence-corrected chi connectivity index (χ4v) is 2.56. The van der Waals surface area contributed by atoms with Crippen LogP contribution in [0, 0.1) is 0 Å². The zero-order chi connectivity index (χ0) is 13.2. The number of rotatable bonds is 1. The van der Waals surface area contributed by atoms with E-state index in [2.05, 4.69) is 0 Å². The molecule has 3 rings (SSSR count). The number of likely N-dealkylation sites (tertiary alicyclic amines) is 1. The van der Waals surface area contributed by atoms with Crippen LogP contribution in [0.25, 0.3) is 0 Å². The molecule has 5 heteroatoms. The Kier molecular flexibility index (Phi) is 3.29. The summed E-state index contributed by atoms with van der Waals surface area (Å²) in [5, 5.41) is 0. The highest BCUT2D eigenvalue weighted by Crippen LogP contribution is 2.31. The molecule has 2 heterocycles. The third-order valence-corrected chi connectivity index (χ3v) is 3.55. The molecule has 0 unspecified atom stereocenters. The molecule has 1 fully saturated rings. The fourth-order valence-electron chi connectivity index (χ4n) is 2.56. The summed E-state index contributed by atoms with van der Waals surface area (Å²) >= 11 is 0. The lowest BCUT2D eigenvalue weighted by Crippen LogP contribution is -2.52. The summed E-state index contributed by atoms with van der Waals surface area (Å²) in [7, 11) is 0. The van der Waals surface area contributed by atoms with E-state index in [0.717, 1.165) is 19.4 Å². The quantitative estimate of drug-likeness (QED) is 0.812. The number of carbonyl (C=O) groups excluding carboxylic acids is 1. The first-order chi connectivity index (χ1) is 9.24. The number of piperidine rings is 1. The SMILES string of the molecule is N[C@H]1CCCN(C(=O)[C@@H]2COc3ccccc3O2)C1. The molecule has 2 aliphatic heterocycles. The maximum atomic E-state index is 12.4. The molecule has 1 amide bonds. The minimum atomic E-state index is -0.555. The Morgan fingerprint density at radius 2 is 2.11 bits per heavy atom. The first kappa shape index (κ1) is 12.3. The number of fused-ring (bicyclic) bond motifs is 1. The van der Waals surface area contributed by atoms with Gasteiger partial charge < -0.3 is 20.1 Å². The van der Waals surface area contributed by atoms with Gasteiger partial charge in [0.15, 0.2) is 11.5 Å². The van der Waals surface area contributed by atoms with Gasteiger partial charge >= 0.3 is 0 Å². The molecule has 0 saturated carbocycles. The van der Waals surface area contributed by atoms with Gasteiger partial charge in [-0.3, -0.25) is 4.79 Å². The van der Waals surface area contributed by atoms with E-state index in [0.29, 0.717) is 18.0 Å². The number of amides is 1.